The van der Waals surface area contributed by atoms with E-state index < -0.39 is 10.1 Å². The third kappa shape index (κ3) is 6.39. The van der Waals surface area contributed by atoms with Gasteiger partial charge >= 0.3 is 0 Å². The van der Waals surface area contributed by atoms with E-state index in [4.69, 9.17) is 9.29 Å². The lowest BCUT2D eigenvalue weighted by molar-refractivity contribution is 0.313. The average Bonchev–Trinajstić information content (AvgIpc) is 2.34. The summed E-state index contributed by atoms with van der Waals surface area (Å²) >= 11 is 0. The summed E-state index contributed by atoms with van der Waals surface area (Å²) in [6.07, 6.45) is 3.06. The topological polar surface area (TPSA) is 63.6 Å². The highest BCUT2D eigenvalue weighted by molar-refractivity contribution is 7.85. The zero-order valence-electron chi connectivity index (χ0n) is 12.4. The molecule has 0 heterocycles. The molecule has 4 nitrogen and oxygen atoms in total. The van der Waals surface area contributed by atoms with E-state index in [9.17, 15) is 8.42 Å². The highest BCUT2D eigenvalue weighted by Crippen LogP contribution is 2.31. The Morgan fingerprint density at radius 1 is 1.20 bits per heavy atom. The standard InChI is InChI=1S/C15H24O4S/c1-15(2,10-6-7-11-20(16,17)18)12-13-8-4-5-9-14(13)19-3/h4-5,8-9H,6-7,10-12H2,1-3H3,(H,16,17,18). The van der Waals surface area contributed by atoms with Crippen LogP contribution in [0.3, 0.4) is 0 Å². The summed E-state index contributed by atoms with van der Waals surface area (Å²) < 4.78 is 35.4. The second-order valence-electron chi connectivity index (χ2n) is 5.90. The third-order valence-electron chi connectivity index (χ3n) is 3.37. The number of para-hydroxylation sites is 1. The van der Waals surface area contributed by atoms with Crippen LogP contribution in [0, 0.1) is 5.41 Å². The second-order valence-corrected chi connectivity index (χ2v) is 7.47. The molecule has 114 valence electrons. The predicted octanol–water partition coefficient (Wildman–Crippen LogP) is 3.32. The first kappa shape index (κ1) is 17.0. The van der Waals surface area contributed by atoms with E-state index in [0.717, 1.165) is 30.6 Å². The van der Waals surface area contributed by atoms with Gasteiger partial charge in [0.05, 0.1) is 12.9 Å². The Balaban J connectivity index is 2.52. The molecule has 20 heavy (non-hydrogen) atoms. The van der Waals surface area contributed by atoms with Gasteiger partial charge in [-0.1, -0.05) is 38.5 Å². The number of methoxy groups -OCH3 is 1. The molecule has 0 aliphatic carbocycles. The molecule has 0 aromatic heterocycles. The largest absolute Gasteiger partial charge is 0.496 e. The van der Waals surface area contributed by atoms with Crippen molar-refractivity contribution in [3.05, 3.63) is 29.8 Å². The van der Waals surface area contributed by atoms with E-state index in [0.29, 0.717) is 6.42 Å². The lowest BCUT2D eigenvalue weighted by Crippen LogP contribution is -2.16. The van der Waals surface area contributed by atoms with Gasteiger partial charge in [-0.15, -0.1) is 0 Å². The summed E-state index contributed by atoms with van der Waals surface area (Å²) in [5.41, 5.74) is 1.23. The molecule has 0 fully saturated rings. The molecule has 1 aromatic carbocycles. The van der Waals surface area contributed by atoms with E-state index in [1.165, 1.54) is 0 Å². The average molecular weight is 300 g/mol. The number of hydrogen-bond acceptors (Lipinski definition) is 3. The molecular formula is C15H24O4S. The lowest BCUT2D eigenvalue weighted by atomic mass is 9.81. The van der Waals surface area contributed by atoms with E-state index in [1.807, 2.05) is 18.2 Å². The van der Waals surface area contributed by atoms with Crippen molar-refractivity contribution < 1.29 is 17.7 Å². The Morgan fingerprint density at radius 3 is 2.45 bits per heavy atom. The molecule has 0 saturated heterocycles. The van der Waals surface area contributed by atoms with E-state index in [2.05, 4.69) is 19.9 Å². The number of benzene rings is 1. The zero-order chi connectivity index (χ0) is 15.2. The van der Waals surface area contributed by atoms with Crippen LogP contribution in [0.1, 0.15) is 38.7 Å². The SMILES string of the molecule is COc1ccccc1CC(C)(C)CCCCS(=O)(=O)O. The van der Waals surface area contributed by atoms with Crippen molar-refractivity contribution in [3.63, 3.8) is 0 Å². The van der Waals surface area contributed by atoms with Gasteiger partial charge in [0.25, 0.3) is 10.1 Å². The van der Waals surface area contributed by atoms with Crippen LogP contribution in [0.4, 0.5) is 0 Å². The van der Waals surface area contributed by atoms with Crippen LogP contribution in [-0.2, 0) is 16.5 Å². The zero-order valence-corrected chi connectivity index (χ0v) is 13.2. The number of ether oxygens (including phenoxy) is 1. The van der Waals surface area contributed by atoms with Gasteiger partial charge in [0.2, 0.25) is 0 Å². The first-order valence-electron chi connectivity index (χ1n) is 6.80. The van der Waals surface area contributed by atoms with Gasteiger partial charge in [0.1, 0.15) is 5.75 Å². The summed E-state index contributed by atoms with van der Waals surface area (Å²) in [4.78, 5) is 0. The van der Waals surface area contributed by atoms with E-state index in [1.54, 1.807) is 7.11 Å². The van der Waals surface area contributed by atoms with E-state index >= 15 is 0 Å². The fourth-order valence-corrected chi connectivity index (χ4v) is 2.91. The Hall–Kier alpha value is -1.07. The molecule has 5 heteroatoms. The minimum Gasteiger partial charge on any atom is -0.496 e. The summed E-state index contributed by atoms with van der Waals surface area (Å²) in [5, 5.41) is 0. The quantitative estimate of drug-likeness (QED) is 0.591. The maximum absolute atomic E-state index is 10.7. The van der Waals surface area contributed by atoms with Gasteiger partial charge in [0, 0.05) is 0 Å². The van der Waals surface area contributed by atoms with Gasteiger partial charge in [0.15, 0.2) is 0 Å². The van der Waals surface area contributed by atoms with Crippen molar-refractivity contribution in [1.82, 2.24) is 0 Å². The second kappa shape index (κ2) is 7.09. The van der Waals surface area contributed by atoms with Crippen molar-refractivity contribution >= 4 is 10.1 Å². The Bertz CT molecular complexity index is 520. The molecule has 0 unspecified atom stereocenters. The fraction of sp³-hybridized carbons (Fsp3) is 0.600. The minimum atomic E-state index is -3.83. The Kier molecular flexibility index (Phi) is 6.02. The van der Waals surface area contributed by atoms with Crippen LogP contribution in [0.15, 0.2) is 24.3 Å². The Morgan fingerprint density at radius 2 is 1.85 bits per heavy atom. The highest BCUT2D eigenvalue weighted by Gasteiger charge is 2.20. The first-order chi connectivity index (χ1) is 9.23. The summed E-state index contributed by atoms with van der Waals surface area (Å²) in [6.45, 7) is 4.32. The number of unbranched alkanes of at least 4 members (excludes halogenated alkanes) is 1. The number of hydrogen-bond donors (Lipinski definition) is 1. The maximum atomic E-state index is 10.7. The summed E-state index contributed by atoms with van der Waals surface area (Å²) in [5.74, 6) is 0.732. The molecule has 0 aliphatic heterocycles. The molecule has 0 spiro atoms. The number of rotatable bonds is 8. The van der Waals surface area contributed by atoms with Gasteiger partial charge in [-0.2, -0.15) is 8.42 Å². The third-order valence-corrected chi connectivity index (χ3v) is 4.17. The van der Waals surface area contributed by atoms with Crippen molar-refractivity contribution in [2.24, 2.45) is 5.41 Å². The molecule has 0 radical (unpaired) electrons. The van der Waals surface area contributed by atoms with Crippen molar-refractivity contribution in [2.75, 3.05) is 12.9 Å². The van der Waals surface area contributed by atoms with Gasteiger partial charge < -0.3 is 4.74 Å². The fourth-order valence-electron chi connectivity index (χ4n) is 2.34. The summed E-state index contributed by atoms with van der Waals surface area (Å²) in [6, 6.07) is 7.94. The van der Waals surface area contributed by atoms with Crippen LogP contribution < -0.4 is 4.74 Å². The van der Waals surface area contributed by atoms with Crippen molar-refractivity contribution in [3.8, 4) is 5.75 Å². The maximum Gasteiger partial charge on any atom is 0.264 e. The van der Waals surface area contributed by atoms with E-state index in [-0.39, 0.29) is 11.2 Å². The smallest absolute Gasteiger partial charge is 0.264 e. The normalized spacial score (nSPS) is 12.4. The molecule has 0 saturated carbocycles. The molecule has 1 aromatic rings. The molecule has 1 N–H and O–H groups in total. The van der Waals surface area contributed by atoms with Crippen LogP contribution in [0.25, 0.3) is 0 Å². The van der Waals surface area contributed by atoms with Crippen LogP contribution in [-0.4, -0.2) is 25.8 Å². The van der Waals surface area contributed by atoms with Gasteiger partial charge in [-0.25, -0.2) is 0 Å². The minimum absolute atomic E-state index is 0.0633. The first-order valence-corrected chi connectivity index (χ1v) is 8.41. The Labute approximate surface area is 121 Å². The lowest BCUT2D eigenvalue weighted by Gasteiger charge is -2.25. The van der Waals surface area contributed by atoms with Crippen molar-refractivity contribution in [2.45, 2.75) is 39.5 Å². The summed E-state index contributed by atoms with van der Waals surface area (Å²) in [7, 11) is -2.17. The molecule has 0 aliphatic rings. The van der Waals surface area contributed by atoms with Crippen LogP contribution >= 0.6 is 0 Å². The predicted molar refractivity (Wildman–Crippen MR) is 80.7 cm³/mol. The van der Waals surface area contributed by atoms with Crippen LogP contribution in [0.5, 0.6) is 5.75 Å². The van der Waals surface area contributed by atoms with Crippen LogP contribution in [0.2, 0.25) is 0 Å². The highest BCUT2D eigenvalue weighted by atomic mass is 32.2. The molecule has 1 rings (SSSR count). The van der Waals surface area contributed by atoms with Gasteiger partial charge in [-0.05, 0) is 36.3 Å². The monoisotopic (exact) mass is 300 g/mol. The molecule has 0 atom stereocenters. The molecule has 0 amide bonds. The molecular weight excluding hydrogens is 276 g/mol. The van der Waals surface area contributed by atoms with Crippen molar-refractivity contribution in [1.29, 1.82) is 0 Å². The molecule has 0 bridgehead atoms. The van der Waals surface area contributed by atoms with Gasteiger partial charge in [-0.3, -0.25) is 4.55 Å².